The summed E-state index contributed by atoms with van der Waals surface area (Å²) in [6.45, 7) is 5.27. The number of amides is 1. The Labute approximate surface area is 226 Å². The van der Waals surface area contributed by atoms with E-state index < -0.39 is 11.7 Å². The number of benzene rings is 3. The molecule has 1 heterocycles. The predicted octanol–water partition coefficient (Wildman–Crippen LogP) is 5.44. The molecule has 0 radical (unpaired) electrons. The molecule has 1 amide bonds. The highest BCUT2D eigenvalue weighted by Gasteiger charge is 2.45. The zero-order chi connectivity index (χ0) is 26.8. The smallest absolute Gasteiger partial charge is 0.258 e. The van der Waals surface area contributed by atoms with Crippen LogP contribution in [-0.4, -0.2) is 54.4 Å². The van der Waals surface area contributed by atoms with E-state index in [4.69, 9.17) is 9.47 Å². The van der Waals surface area contributed by atoms with Crippen molar-refractivity contribution >= 4 is 11.6 Å². The van der Waals surface area contributed by atoms with E-state index in [1.807, 2.05) is 72.8 Å². The molecule has 1 unspecified atom stereocenters. The molecule has 1 aliphatic rings. The average molecular weight is 517 g/mol. The first-order chi connectivity index (χ1) is 18.5. The highest BCUT2D eigenvalue weighted by Crippen LogP contribution is 2.31. The Morgan fingerprint density at radius 2 is 1.55 bits per heavy atom. The molecule has 0 saturated carbocycles. The summed E-state index contributed by atoms with van der Waals surface area (Å²) >= 11 is 0. The molecule has 4 rings (SSSR count). The van der Waals surface area contributed by atoms with E-state index in [0.717, 1.165) is 36.4 Å². The fourth-order valence-corrected chi connectivity index (χ4v) is 4.82. The molecule has 0 spiro atoms. The number of anilines is 1. The Kier molecular flexibility index (Phi) is 9.93. The van der Waals surface area contributed by atoms with Crippen LogP contribution in [-0.2, 0) is 22.7 Å². The molecule has 202 valence electrons. The van der Waals surface area contributed by atoms with Crippen molar-refractivity contribution in [3.63, 3.8) is 0 Å². The molecule has 1 N–H and O–H groups in total. The maximum Gasteiger partial charge on any atom is 0.258 e. The Bertz CT molecular complexity index is 1110. The number of hydrogen-bond donors (Lipinski definition) is 1. The van der Waals surface area contributed by atoms with Gasteiger partial charge in [0.05, 0.1) is 13.2 Å². The highest BCUT2D eigenvalue weighted by molar-refractivity contribution is 5.97. The Balaban J connectivity index is 1.46. The number of aliphatic hydroxyl groups is 1. The Morgan fingerprint density at radius 1 is 0.947 bits per heavy atom. The zero-order valence-corrected chi connectivity index (χ0v) is 22.6. The van der Waals surface area contributed by atoms with E-state index in [9.17, 15) is 9.90 Å². The lowest BCUT2D eigenvalue weighted by Gasteiger charge is -2.43. The van der Waals surface area contributed by atoms with Gasteiger partial charge < -0.3 is 19.5 Å². The standard InChI is InChI=1S/C32H40N2O4/c1-3-4-23-37-29-17-15-28(16-18-29)33(2)31(35)30(38-25-27-13-9-6-10-14-27)32(36)19-21-34(22-20-32)24-26-11-7-5-8-12-26/h5-18,30,36H,3-4,19-25H2,1-2H3. The maximum absolute atomic E-state index is 13.8. The van der Waals surface area contributed by atoms with Crippen LogP contribution in [0.5, 0.6) is 5.75 Å². The van der Waals surface area contributed by atoms with Gasteiger partial charge in [0.25, 0.3) is 5.91 Å². The minimum absolute atomic E-state index is 0.250. The van der Waals surface area contributed by atoms with Crippen LogP contribution in [0.15, 0.2) is 84.9 Å². The number of ether oxygens (including phenoxy) is 2. The van der Waals surface area contributed by atoms with Gasteiger partial charge in [-0.2, -0.15) is 0 Å². The van der Waals surface area contributed by atoms with Gasteiger partial charge in [0.1, 0.15) is 11.4 Å². The van der Waals surface area contributed by atoms with Crippen LogP contribution in [0.2, 0.25) is 0 Å². The molecule has 1 aliphatic heterocycles. The van der Waals surface area contributed by atoms with Gasteiger partial charge in [-0.3, -0.25) is 9.69 Å². The largest absolute Gasteiger partial charge is 0.494 e. The molecule has 0 bridgehead atoms. The molecule has 38 heavy (non-hydrogen) atoms. The van der Waals surface area contributed by atoms with Crippen molar-refractivity contribution in [1.29, 1.82) is 0 Å². The molecule has 0 aromatic heterocycles. The Hall–Kier alpha value is -3.19. The summed E-state index contributed by atoms with van der Waals surface area (Å²) in [4.78, 5) is 17.7. The number of piperidine rings is 1. The monoisotopic (exact) mass is 516 g/mol. The van der Waals surface area contributed by atoms with Gasteiger partial charge in [-0.25, -0.2) is 0 Å². The van der Waals surface area contributed by atoms with Crippen molar-refractivity contribution in [1.82, 2.24) is 4.90 Å². The minimum Gasteiger partial charge on any atom is -0.494 e. The van der Waals surface area contributed by atoms with Gasteiger partial charge in [0.15, 0.2) is 6.10 Å². The fraction of sp³-hybridized carbons (Fsp3) is 0.406. The lowest BCUT2D eigenvalue weighted by atomic mass is 9.84. The summed E-state index contributed by atoms with van der Waals surface area (Å²) in [7, 11) is 1.74. The van der Waals surface area contributed by atoms with Crippen LogP contribution in [0.25, 0.3) is 0 Å². The van der Waals surface area contributed by atoms with Crippen molar-refractivity contribution in [2.24, 2.45) is 0 Å². The van der Waals surface area contributed by atoms with Crippen molar-refractivity contribution in [3.8, 4) is 5.75 Å². The third kappa shape index (κ3) is 7.44. The van der Waals surface area contributed by atoms with Crippen LogP contribution in [0, 0.1) is 0 Å². The van der Waals surface area contributed by atoms with Crippen LogP contribution in [0.4, 0.5) is 5.69 Å². The van der Waals surface area contributed by atoms with Crippen molar-refractivity contribution < 1.29 is 19.4 Å². The van der Waals surface area contributed by atoms with E-state index in [2.05, 4.69) is 24.0 Å². The average Bonchev–Trinajstić information content (AvgIpc) is 2.95. The first kappa shape index (κ1) is 27.8. The number of likely N-dealkylation sites (tertiary alicyclic amines) is 1. The molecular weight excluding hydrogens is 476 g/mol. The van der Waals surface area contributed by atoms with Gasteiger partial charge in [-0.05, 0) is 54.7 Å². The quantitative estimate of drug-likeness (QED) is 0.325. The lowest BCUT2D eigenvalue weighted by Crippen LogP contribution is -2.57. The van der Waals surface area contributed by atoms with Gasteiger partial charge in [0, 0.05) is 32.4 Å². The van der Waals surface area contributed by atoms with Gasteiger partial charge >= 0.3 is 0 Å². The van der Waals surface area contributed by atoms with E-state index in [0.29, 0.717) is 32.5 Å². The number of rotatable bonds is 12. The molecule has 6 heteroatoms. The summed E-state index contributed by atoms with van der Waals surface area (Å²) < 4.78 is 12.0. The number of nitrogens with zero attached hydrogens (tertiary/aromatic N) is 2. The highest BCUT2D eigenvalue weighted by atomic mass is 16.5. The molecule has 1 atom stereocenters. The summed E-state index contributed by atoms with van der Waals surface area (Å²) in [6.07, 6.45) is 2.02. The van der Waals surface area contributed by atoms with E-state index in [1.54, 1.807) is 11.9 Å². The van der Waals surface area contributed by atoms with Gasteiger partial charge in [-0.15, -0.1) is 0 Å². The van der Waals surface area contributed by atoms with E-state index >= 15 is 0 Å². The summed E-state index contributed by atoms with van der Waals surface area (Å²) in [5, 5.41) is 11.8. The number of likely N-dealkylation sites (N-methyl/N-ethyl adjacent to an activating group) is 1. The van der Waals surface area contributed by atoms with Crippen molar-refractivity contribution in [2.45, 2.75) is 57.5 Å². The van der Waals surface area contributed by atoms with Crippen molar-refractivity contribution in [3.05, 3.63) is 96.1 Å². The molecular formula is C32H40N2O4. The SMILES string of the molecule is CCCCOc1ccc(N(C)C(=O)C(OCc2ccccc2)C2(O)CCN(Cc3ccccc3)CC2)cc1. The lowest BCUT2D eigenvalue weighted by molar-refractivity contribution is -0.163. The first-order valence-electron chi connectivity index (χ1n) is 13.6. The second kappa shape index (κ2) is 13.6. The number of carbonyl (C=O) groups excluding carboxylic acids is 1. The van der Waals surface area contributed by atoms with Crippen molar-refractivity contribution in [2.75, 3.05) is 31.6 Å². The summed E-state index contributed by atoms with van der Waals surface area (Å²) in [6, 6.07) is 27.6. The predicted molar refractivity (Wildman–Crippen MR) is 151 cm³/mol. The molecule has 3 aromatic rings. The number of hydrogen-bond acceptors (Lipinski definition) is 5. The van der Waals surface area contributed by atoms with Gasteiger partial charge in [-0.1, -0.05) is 74.0 Å². The summed E-state index contributed by atoms with van der Waals surface area (Å²) in [5.41, 5.74) is 1.69. The normalized spacial score (nSPS) is 16.1. The molecule has 3 aromatic carbocycles. The molecule has 1 fully saturated rings. The molecule has 1 saturated heterocycles. The van der Waals surface area contributed by atoms with Crippen LogP contribution in [0.1, 0.15) is 43.7 Å². The second-order valence-corrected chi connectivity index (χ2v) is 10.1. The minimum atomic E-state index is -1.25. The maximum atomic E-state index is 13.8. The van der Waals surface area contributed by atoms with Crippen LogP contribution < -0.4 is 9.64 Å². The van der Waals surface area contributed by atoms with E-state index in [-0.39, 0.29) is 12.5 Å². The topological polar surface area (TPSA) is 62.2 Å². The Morgan fingerprint density at radius 3 is 2.16 bits per heavy atom. The van der Waals surface area contributed by atoms with Crippen LogP contribution >= 0.6 is 0 Å². The number of carbonyl (C=O) groups is 1. The number of unbranched alkanes of at least 4 members (excludes halogenated alkanes) is 1. The second-order valence-electron chi connectivity index (χ2n) is 10.1. The first-order valence-corrected chi connectivity index (χ1v) is 13.6. The van der Waals surface area contributed by atoms with Gasteiger partial charge in [0.2, 0.25) is 0 Å². The van der Waals surface area contributed by atoms with E-state index in [1.165, 1.54) is 5.56 Å². The molecule has 6 nitrogen and oxygen atoms in total. The summed E-state index contributed by atoms with van der Waals surface area (Å²) in [5.74, 6) is 0.531. The molecule has 0 aliphatic carbocycles. The third-order valence-corrected chi connectivity index (χ3v) is 7.26. The van der Waals surface area contributed by atoms with Crippen LogP contribution in [0.3, 0.4) is 0 Å². The fourth-order valence-electron chi connectivity index (χ4n) is 4.82. The third-order valence-electron chi connectivity index (χ3n) is 7.26. The zero-order valence-electron chi connectivity index (χ0n) is 22.6.